The first-order valence-corrected chi connectivity index (χ1v) is 13.5. The highest BCUT2D eigenvalue weighted by Crippen LogP contribution is 2.28. The van der Waals surface area contributed by atoms with E-state index in [4.69, 9.17) is 0 Å². The standard InChI is InChI=1S/C26H22N8S2/c1-3-7-19(8-4-1)13-33-17-31-21-23(33)27-15-29-25(21)35-11-12-36-26-22-24(28-16-30-26)34(18-32-22)14-20-9-5-2-6-10-20/h1-10,15-18H,11-14H2. The molecule has 0 aliphatic rings. The van der Waals surface area contributed by atoms with Crippen molar-refractivity contribution in [1.82, 2.24) is 39.0 Å². The van der Waals surface area contributed by atoms with Gasteiger partial charge in [-0.3, -0.25) is 0 Å². The maximum Gasteiger partial charge on any atom is 0.164 e. The molecule has 0 aliphatic carbocycles. The smallest absolute Gasteiger partial charge is 0.164 e. The molecule has 6 rings (SSSR count). The fraction of sp³-hybridized carbons (Fsp3) is 0.154. The van der Waals surface area contributed by atoms with E-state index in [1.54, 1.807) is 36.2 Å². The van der Waals surface area contributed by atoms with Gasteiger partial charge in [0.25, 0.3) is 0 Å². The van der Waals surface area contributed by atoms with Crippen molar-refractivity contribution in [2.75, 3.05) is 11.5 Å². The molecule has 4 aromatic heterocycles. The minimum Gasteiger partial charge on any atom is -0.311 e. The lowest BCUT2D eigenvalue weighted by molar-refractivity contribution is 0.812. The Balaban J connectivity index is 1.11. The normalized spacial score (nSPS) is 11.4. The summed E-state index contributed by atoms with van der Waals surface area (Å²) < 4.78 is 4.13. The predicted octanol–water partition coefficient (Wildman–Crippen LogP) is 4.95. The third-order valence-electron chi connectivity index (χ3n) is 5.69. The Hall–Kier alpha value is -3.76. The number of benzene rings is 2. The van der Waals surface area contributed by atoms with Gasteiger partial charge in [-0.05, 0) is 11.1 Å². The van der Waals surface area contributed by atoms with E-state index in [1.165, 1.54) is 11.1 Å². The van der Waals surface area contributed by atoms with Gasteiger partial charge in [0.1, 0.15) is 33.7 Å². The SMILES string of the molecule is c1ccc(Cn2cnc3c(SCCSc4ncnc5c4ncn5Cc4ccccc4)ncnc32)cc1. The molecule has 0 saturated heterocycles. The third-order valence-corrected chi connectivity index (χ3v) is 7.91. The van der Waals surface area contributed by atoms with Crippen LogP contribution in [0, 0.1) is 0 Å². The van der Waals surface area contributed by atoms with Gasteiger partial charge in [0.15, 0.2) is 11.3 Å². The highest BCUT2D eigenvalue weighted by Gasteiger charge is 2.13. The Labute approximate surface area is 216 Å². The predicted molar refractivity (Wildman–Crippen MR) is 143 cm³/mol. The van der Waals surface area contributed by atoms with Gasteiger partial charge in [0.05, 0.1) is 25.7 Å². The van der Waals surface area contributed by atoms with Gasteiger partial charge in [-0.25, -0.2) is 29.9 Å². The second kappa shape index (κ2) is 10.5. The lowest BCUT2D eigenvalue weighted by atomic mass is 10.2. The molecule has 6 aromatic rings. The van der Waals surface area contributed by atoms with E-state index < -0.39 is 0 Å². The van der Waals surface area contributed by atoms with Crippen molar-refractivity contribution in [3.8, 4) is 0 Å². The Bertz CT molecular complexity index is 1480. The van der Waals surface area contributed by atoms with Gasteiger partial charge < -0.3 is 9.13 Å². The molecular weight excluding hydrogens is 488 g/mol. The molecule has 0 N–H and O–H groups in total. The fourth-order valence-electron chi connectivity index (χ4n) is 4.00. The molecule has 0 amide bonds. The molecule has 0 bridgehead atoms. The first kappa shape index (κ1) is 22.7. The Morgan fingerprint density at radius 2 is 0.972 bits per heavy atom. The van der Waals surface area contributed by atoms with E-state index in [9.17, 15) is 0 Å². The fourth-order valence-corrected chi connectivity index (χ4v) is 5.86. The van der Waals surface area contributed by atoms with Crippen molar-refractivity contribution in [2.45, 2.75) is 23.1 Å². The van der Waals surface area contributed by atoms with Crippen LogP contribution in [0.3, 0.4) is 0 Å². The minimum absolute atomic E-state index is 0.731. The topological polar surface area (TPSA) is 87.2 Å². The number of fused-ring (bicyclic) bond motifs is 2. The minimum atomic E-state index is 0.731. The van der Waals surface area contributed by atoms with Crippen molar-refractivity contribution < 1.29 is 0 Å². The van der Waals surface area contributed by atoms with E-state index in [1.807, 2.05) is 49.1 Å². The summed E-state index contributed by atoms with van der Waals surface area (Å²) >= 11 is 3.37. The molecule has 0 unspecified atom stereocenters. The molecule has 178 valence electrons. The summed E-state index contributed by atoms with van der Waals surface area (Å²) in [4.78, 5) is 27.2. The summed E-state index contributed by atoms with van der Waals surface area (Å²) in [6.07, 6.45) is 6.92. The van der Waals surface area contributed by atoms with Crippen molar-refractivity contribution in [1.29, 1.82) is 0 Å². The zero-order chi connectivity index (χ0) is 24.2. The maximum absolute atomic E-state index is 4.61. The molecule has 2 aromatic carbocycles. The quantitative estimate of drug-likeness (QED) is 0.153. The van der Waals surface area contributed by atoms with Crippen LogP contribution in [-0.4, -0.2) is 50.5 Å². The van der Waals surface area contributed by atoms with Gasteiger partial charge in [-0.15, -0.1) is 23.5 Å². The van der Waals surface area contributed by atoms with E-state index in [2.05, 4.69) is 63.3 Å². The molecule has 4 heterocycles. The number of aromatic nitrogens is 8. The molecule has 10 heteroatoms. The van der Waals surface area contributed by atoms with Crippen LogP contribution >= 0.6 is 23.5 Å². The zero-order valence-corrected chi connectivity index (χ0v) is 20.9. The summed E-state index contributed by atoms with van der Waals surface area (Å²) in [6, 6.07) is 20.6. The number of rotatable bonds is 9. The molecule has 0 radical (unpaired) electrons. The number of nitrogens with zero attached hydrogens (tertiary/aromatic N) is 8. The number of imidazole rings is 2. The van der Waals surface area contributed by atoms with Crippen molar-refractivity contribution in [3.63, 3.8) is 0 Å². The average molecular weight is 511 g/mol. The van der Waals surface area contributed by atoms with Gasteiger partial charge >= 0.3 is 0 Å². The van der Waals surface area contributed by atoms with Crippen LogP contribution in [-0.2, 0) is 13.1 Å². The molecule has 0 atom stereocenters. The average Bonchev–Trinajstić information content (AvgIpc) is 3.53. The third kappa shape index (κ3) is 4.82. The molecule has 0 fully saturated rings. The largest absolute Gasteiger partial charge is 0.311 e. The van der Waals surface area contributed by atoms with Crippen LogP contribution < -0.4 is 0 Å². The Morgan fingerprint density at radius 1 is 0.528 bits per heavy atom. The molecule has 8 nitrogen and oxygen atoms in total. The van der Waals surface area contributed by atoms with Crippen LogP contribution in [0.15, 0.2) is 96.0 Å². The summed E-state index contributed by atoms with van der Waals surface area (Å²) in [5, 5.41) is 1.79. The number of hydrogen-bond donors (Lipinski definition) is 0. The Kier molecular flexibility index (Phi) is 6.60. The van der Waals surface area contributed by atoms with E-state index in [-0.39, 0.29) is 0 Å². The molecular formula is C26H22N8S2. The van der Waals surface area contributed by atoms with Crippen LogP contribution in [0.1, 0.15) is 11.1 Å². The number of thioether (sulfide) groups is 2. The Morgan fingerprint density at radius 3 is 1.42 bits per heavy atom. The molecule has 0 spiro atoms. The van der Waals surface area contributed by atoms with Gasteiger partial charge in [0, 0.05) is 11.5 Å². The van der Waals surface area contributed by atoms with E-state index in [0.717, 1.165) is 57.0 Å². The molecule has 36 heavy (non-hydrogen) atoms. The highest BCUT2D eigenvalue weighted by molar-refractivity contribution is 8.03. The monoisotopic (exact) mass is 510 g/mol. The molecule has 0 aliphatic heterocycles. The summed E-state index contributed by atoms with van der Waals surface area (Å²) in [6.45, 7) is 1.46. The summed E-state index contributed by atoms with van der Waals surface area (Å²) in [5.74, 6) is 1.72. The molecule has 0 saturated carbocycles. The van der Waals surface area contributed by atoms with Crippen LogP contribution in [0.4, 0.5) is 0 Å². The van der Waals surface area contributed by atoms with Crippen LogP contribution in [0.5, 0.6) is 0 Å². The van der Waals surface area contributed by atoms with Gasteiger partial charge in [-0.2, -0.15) is 0 Å². The zero-order valence-electron chi connectivity index (χ0n) is 19.3. The van der Waals surface area contributed by atoms with E-state index >= 15 is 0 Å². The second-order valence-corrected chi connectivity index (χ2v) is 10.3. The summed E-state index contributed by atoms with van der Waals surface area (Å²) in [5.41, 5.74) is 5.81. The lowest BCUT2D eigenvalue weighted by Gasteiger charge is -2.05. The van der Waals surface area contributed by atoms with E-state index in [0.29, 0.717) is 0 Å². The van der Waals surface area contributed by atoms with Crippen molar-refractivity contribution >= 4 is 45.9 Å². The maximum atomic E-state index is 4.61. The van der Waals surface area contributed by atoms with Crippen molar-refractivity contribution in [2.24, 2.45) is 0 Å². The van der Waals surface area contributed by atoms with Crippen molar-refractivity contribution in [3.05, 3.63) is 97.1 Å². The number of hydrogen-bond acceptors (Lipinski definition) is 8. The highest BCUT2D eigenvalue weighted by atomic mass is 32.2. The van der Waals surface area contributed by atoms with Crippen LogP contribution in [0.25, 0.3) is 22.3 Å². The first-order valence-electron chi connectivity index (χ1n) is 11.5. The summed E-state index contributed by atoms with van der Waals surface area (Å²) in [7, 11) is 0. The van der Waals surface area contributed by atoms with Crippen LogP contribution in [0.2, 0.25) is 0 Å². The van der Waals surface area contributed by atoms with Gasteiger partial charge in [0.2, 0.25) is 0 Å². The van der Waals surface area contributed by atoms with Gasteiger partial charge in [-0.1, -0.05) is 60.7 Å². The first-order chi connectivity index (χ1) is 17.8. The second-order valence-electron chi connectivity index (χ2n) is 8.12. The lowest BCUT2D eigenvalue weighted by Crippen LogP contribution is -2.00.